The van der Waals surface area contributed by atoms with Crippen LogP contribution in [0.2, 0.25) is 0 Å². The number of hydrogen-bond donors (Lipinski definition) is 13. The second kappa shape index (κ2) is 25.5. The standard InChI is InChI=1S/C48H64N14O8/c49-42(65)37(23-30-25-55-33-15-8-7-14-32(30)33)60-45(68)36-19-21-53-39(63)18-17-35(57-40(64)22-28-10-3-1-4-11-28)44(67)61-38(24-31-26-52-27-56-31)46(69)62-41(29-12-5-2-6-13-29)47(70)59-34(43(66)58-36)16-9-20-54-48(50)51/h2,5-8,12-15,25-28,34-38,41,55H,1,3-4,9-11,16-24H2,(H2,49,65)(H,52,56)(H,53,63)(H,57,64)(H,58,66)(H,59,70)(H,60,68)(H,61,67)(H,62,69)(H4,50,51,54)/t34-,35-,36-,37-,38-,41?/m0/s1. The summed E-state index contributed by atoms with van der Waals surface area (Å²) in [6, 6.07) is 7.56. The molecule has 4 aromatic rings. The van der Waals surface area contributed by atoms with Gasteiger partial charge < -0.3 is 64.0 Å². The molecule has 2 fully saturated rings. The van der Waals surface area contributed by atoms with Gasteiger partial charge >= 0.3 is 0 Å². The van der Waals surface area contributed by atoms with Crippen molar-refractivity contribution in [2.75, 3.05) is 13.1 Å². The highest BCUT2D eigenvalue weighted by Crippen LogP contribution is 2.26. The number of carbonyl (C=O) groups excluding carboxylic acids is 8. The van der Waals surface area contributed by atoms with Crippen LogP contribution in [-0.2, 0) is 51.2 Å². The average molecular weight is 965 g/mol. The number of para-hydroxylation sites is 1. The number of aromatic nitrogens is 3. The molecule has 70 heavy (non-hydrogen) atoms. The molecule has 8 amide bonds. The molecule has 22 heteroatoms. The first kappa shape index (κ1) is 51.6. The van der Waals surface area contributed by atoms with Gasteiger partial charge in [-0.3, -0.25) is 43.8 Å². The summed E-state index contributed by atoms with van der Waals surface area (Å²) in [4.78, 5) is 122. The van der Waals surface area contributed by atoms with Crippen LogP contribution in [0.1, 0.15) is 93.5 Å². The van der Waals surface area contributed by atoms with Gasteiger partial charge in [0.05, 0.1) is 12.0 Å². The van der Waals surface area contributed by atoms with E-state index in [4.69, 9.17) is 16.9 Å². The van der Waals surface area contributed by atoms with Gasteiger partial charge in [0.1, 0.15) is 36.3 Å². The Bertz CT molecular complexity index is 2460. The Morgan fingerprint density at radius 1 is 0.800 bits per heavy atom. The van der Waals surface area contributed by atoms with Crippen LogP contribution in [0.25, 0.3) is 10.9 Å². The van der Waals surface area contributed by atoms with Gasteiger partial charge in [0.15, 0.2) is 5.96 Å². The topological polar surface area (TPSA) is 353 Å². The molecule has 1 aliphatic heterocycles. The van der Waals surface area contributed by atoms with Crippen molar-refractivity contribution < 1.29 is 38.4 Å². The van der Waals surface area contributed by atoms with Crippen molar-refractivity contribution in [2.45, 2.75) is 120 Å². The van der Waals surface area contributed by atoms with Gasteiger partial charge in [-0.2, -0.15) is 0 Å². The molecule has 6 rings (SSSR count). The van der Waals surface area contributed by atoms with Crippen LogP contribution in [0.3, 0.4) is 0 Å². The maximum absolute atomic E-state index is 14.5. The summed E-state index contributed by atoms with van der Waals surface area (Å²) < 4.78 is 0. The third kappa shape index (κ3) is 15.4. The quantitative estimate of drug-likeness (QED) is 0.0427. The zero-order valence-electron chi connectivity index (χ0n) is 38.9. The monoisotopic (exact) mass is 965 g/mol. The highest BCUT2D eigenvalue weighted by Gasteiger charge is 2.35. The maximum Gasteiger partial charge on any atom is 0.247 e. The summed E-state index contributed by atoms with van der Waals surface area (Å²) in [6.07, 6.45) is 9.04. The fourth-order valence-corrected chi connectivity index (χ4v) is 8.79. The van der Waals surface area contributed by atoms with E-state index in [-0.39, 0.29) is 82.2 Å². The van der Waals surface area contributed by atoms with Crippen molar-refractivity contribution in [3.05, 3.63) is 90.1 Å². The number of fused-ring (bicyclic) bond motifs is 1. The molecule has 3 heterocycles. The van der Waals surface area contributed by atoms with Crippen molar-refractivity contribution in [3.8, 4) is 0 Å². The minimum absolute atomic E-state index is 0.00537. The lowest BCUT2D eigenvalue weighted by Crippen LogP contribution is -2.58. The molecule has 1 saturated heterocycles. The number of primary amides is 1. The number of benzene rings is 2. The van der Waals surface area contributed by atoms with Crippen LogP contribution in [0.4, 0.5) is 0 Å². The summed E-state index contributed by atoms with van der Waals surface area (Å²) in [6.45, 7) is -0.0416. The van der Waals surface area contributed by atoms with Gasteiger partial charge in [0, 0.05) is 62.1 Å². The lowest BCUT2D eigenvalue weighted by molar-refractivity contribution is -0.135. The van der Waals surface area contributed by atoms with E-state index in [9.17, 15) is 38.4 Å². The highest BCUT2D eigenvalue weighted by molar-refractivity contribution is 5.98. The van der Waals surface area contributed by atoms with E-state index in [0.29, 0.717) is 16.8 Å². The van der Waals surface area contributed by atoms with Crippen LogP contribution < -0.4 is 54.0 Å². The number of amides is 8. The number of nitrogens with two attached hydrogens (primary N) is 2. The molecule has 0 spiro atoms. The fourth-order valence-electron chi connectivity index (χ4n) is 8.79. The fraction of sp³-hybridized carbons (Fsp3) is 0.458. The number of nitrogens with zero attached hydrogens (tertiary/aromatic N) is 1. The van der Waals surface area contributed by atoms with Crippen LogP contribution >= 0.6 is 0 Å². The zero-order chi connectivity index (χ0) is 50.0. The Labute approximate surface area is 404 Å². The van der Waals surface area contributed by atoms with Gasteiger partial charge in [-0.15, -0.1) is 0 Å². The molecular weight excluding hydrogens is 901 g/mol. The van der Waals surface area contributed by atoms with E-state index in [1.165, 1.54) is 6.33 Å². The molecular formula is C48H64N14O8. The molecule has 1 saturated carbocycles. The first-order chi connectivity index (χ1) is 33.7. The number of hydrogen-bond acceptors (Lipinski definition) is 10. The largest absolute Gasteiger partial charge is 0.370 e. The van der Waals surface area contributed by atoms with Crippen molar-refractivity contribution in [2.24, 2.45) is 17.4 Å². The molecule has 2 aromatic heterocycles. The molecule has 1 unspecified atom stereocenters. The smallest absolute Gasteiger partial charge is 0.247 e. The normalized spacial score (nSPS) is 21.8. The molecule has 2 aromatic carbocycles. The number of guanidine groups is 1. The first-order valence-corrected chi connectivity index (χ1v) is 23.8. The number of aromatic amines is 2. The molecule has 1 aliphatic carbocycles. The second-order valence-corrected chi connectivity index (χ2v) is 17.8. The number of H-pyrrole nitrogens is 2. The SMILES string of the molecule is N=C(N)NCCC[C@@H]1NC(=O)C(c2ccccc2)NC(=O)[C@H](Cc2c[nH]cn2)NC(=O)[C@@H](NC(=O)CC2CCCCC2)CCC(=O)NCC[C@@H](C(=O)N[C@@H](Cc2c[nH]c3ccccc23)C(N)=O)NC1=O. The first-order valence-electron chi connectivity index (χ1n) is 23.8. The molecule has 374 valence electrons. The van der Waals surface area contributed by atoms with Gasteiger partial charge in [-0.1, -0.05) is 67.8 Å². The van der Waals surface area contributed by atoms with E-state index < -0.39 is 77.6 Å². The third-order valence-corrected chi connectivity index (χ3v) is 12.6. The van der Waals surface area contributed by atoms with Crippen molar-refractivity contribution in [3.63, 3.8) is 0 Å². The average Bonchev–Trinajstić information content (AvgIpc) is 4.02. The predicted molar refractivity (Wildman–Crippen MR) is 258 cm³/mol. The number of carbonyl (C=O) groups is 8. The van der Waals surface area contributed by atoms with Crippen LogP contribution in [-0.4, -0.2) is 111 Å². The predicted octanol–water partition coefficient (Wildman–Crippen LogP) is -0.0232. The number of nitrogens with one attached hydrogen (secondary N) is 11. The van der Waals surface area contributed by atoms with Gasteiger partial charge in [0.25, 0.3) is 0 Å². The Hall–Kier alpha value is -7.78. The third-order valence-electron chi connectivity index (χ3n) is 12.6. The number of rotatable bonds is 15. The van der Waals surface area contributed by atoms with E-state index in [1.54, 1.807) is 42.7 Å². The van der Waals surface area contributed by atoms with Crippen LogP contribution in [0.15, 0.2) is 73.3 Å². The molecule has 22 nitrogen and oxygen atoms in total. The van der Waals surface area contributed by atoms with Crippen molar-refractivity contribution in [1.29, 1.82) is 5.41 Å². The molecule has 6 atom stereocenters. The van der Waals surface area contributed by atoms with Crippen molar-refractivity contribution in [1.82, 2.24) is 57.5 Å². The Kier molecular flexibility index (Phi) is 18.8. The molecule has 2 aliphatic rings. The maximum atomic E-state index is 14.5. The number of imidazole rings is 1. The highest BCUT2D eigenvalue weighted by atomic mass is 16.2. The Morgan fingerprint density at radius 3 is 2.26 bits per heavy atom. The van der Waals surface area contributed by atoms with E-state index in [0.717, 1.165) is 43.0 Å². The summed E-state index contributed by atoms with van der Waals surface area (Å²) >= 11 is 0. The molecule has 0 bridgehead atoms. The van der Waals surface area contributed by atoms with Gasteiger partial charge in [-0.25, -0.2) is 4.98 Å². The molecule has 0 radical (unpaired) electrons. The van der Waals surface area contributed by atoms with E-state index in [1.807, 2.05) is 24.3 Å². The van der Waals surface area contributed by atoms with Gasteiger partial charge in [0.2, 0.25) is 47.3 Å². The zero-order valence-corrected chi connectivity index (χ0v) is 38.9. The summed E-state index contributed by atoms with van der Waals surface area (Å²) in [5.41, 5.74) is 13.5. The summed E-state index contributed by atoms with van der Waals surface area (Å²) in [7, 11) is 0. The lowest BCUT2D eigenvalue weighted by atomic mass is 9.87. The summed E-state index contributed by atoms with van der Waals surface area (Å²) in [5, 5.41) is 30.2. The Morgan fingerprint density at radius 2 is 1.53 bits per heavy atom. The summed E-state index contributed by atoms with van der Waals surface area (Å²) in [5.74, 6) is -5.95. The van der Waals surface area contributed by atoms with Crippen LogP contribution in [0, 0.1) is 11.3 Å². The van der Waals surface area contributed by atoms with Crippen molar-refractivity contribution >= 4 is 64.1 Å². The second-order valence-electron chi connectivity index (χ2n) is 17.8. The van der Waals surface area contributed by atoms with E-state index in [2.05, 4.69) is 57.5 Å². The van der Waals surface area contributed by atoms with Gasteiger partial charge in [-0.05, 0) is 61.6 Å². The minimum atomic E-state index is -1.44. The molecule has 15 N–H and O–H groups in total. The minimum Gasteiger partial charge on any atom is -0.370 e. The lowest BCUT2D eigenvalue weighted by Gasteiger charge is -2.28. The Balaban J connectivity index is 1.31. The van der Waals surface area contributed by atoms with E-state index >= 15 is 0 Å². The van der Waals surface area contributed by atoms with Crippen LogP contribution in [0.5, 0.6) is 0 Å².